The van der Waals surface area contributed by atoms with E-state index in [1.165, 1.54) is 30.5 Å². The maximum Gasteiger partial charge on any atom is 0.273 e. The van der Waals surface area contributed by atoms with E-state index >= 15 is 0 Å². The molecule has 25 heavy (non-hydrogen) atoms. The lowest BCUT2D eigenvalue weighted by Crippen LogP contribution is -2.41. The van der Waals surface area contributed by atoms with Gasteiger partial charge in [-0.3, -0.25) is 25.5 Å². The van der Waals surface area contributed by atoms with Crippen LogP contribution in [-0.2, 0) is 0 Å². The zero-order chi connectivity index (χ0) is 17.8. The van der Waals surface area contributed by atoms with Crippen molar-refractivity contribution in [2.45, 2.75) is 6.92 Å². The van der Waals surface area contributed by atoms with Crippen molar-refractivity contribution in [1.82, 2.24) is 21.0 Å². The second-order valence-corrected chi connectivity index (χ2v) is 5.44. The van der Waals surface area contributed by atoms with Gasteiger partial charge in [-0.05, 0) is 43.3 Å². The lowest BCUT2D eigenvalue weighted by atomic mass is 10.1. The predicted octanol–water partition coefficient (Wildman–Crippen LogP) is 2.60. The molecular weight excluding hydrogens is 323 g/mol. The minimum atomic E-state index is -0.534. The molecule has 3 aromatic rings. The minimum absolute atomic E-state index is 0.232. The zero-order valence-corrected chi connectivity index (χ0v) is 13.3. The highest BCUT2D eigenvalue weighted by molar-refractivity contribution is 6.02. The molecule has 0 aliphatic heterocycles. The van der Waals surface area contributed by atoms with Crippen LogP contribution in [0.1, 0.15) is 26.3 Å². The Labute approximate surface area is 143 Å². The fourth-order valence-corrected chi connectivity index (χ4v) is 2.25. The molecule has 0 saturated heterocycles. The second kappa shape index (κ2) is 6.96. The number of hydrogen-bond donors (Lipinski definition) is 3. The zero-order valence-electron chi connectivity index (χ0n) is 13.3. The molecule has 0 fully saturated rings. The molecule has 7 heteroatoms. The largest absolute Gasteiger partial charge is 0.277 e. The Morgan fingerprint density at radius 3 is 2.28 bits per heavy atom. The first-order valence-electron chi connectivity index (χ1n) is 7.51. The van der Waals surface area contributed by atoms with Crippen molar-refractivity contribution in [3.05, 3.63) is 77.2 Å². The summed E-state index contributed by atoms with van der Waals surface area (Å²) in [5, 5.41) is 6.55. The number of H-pyrrole nitrogens is 1. The van der Waals surface area contributed by atoms with Crippen molar-refractivity contribution in [1.29, 1.82) is 0 Å². The number of benzene rings is 2. The summed E-state index contributed by atoms with van der Waals surface area (Å²) in [6.45, 7) is 1.92. The number of aromatic nitrogens is 2. The molecule has 3 N–H and O–H groups in total. The van der Waals surface area contributed by atoms with Gasteiger partial charge in [0.2, 0.25) is 0 Å². The van der Waals surface area contributed by atoms with E-state index in [1.54, 1.807) is 24.3 Å². The van der Waals surface area contributed by atoms with Crippen LogP contribution in [0.25, 0.3) is 11.3 Å². The number of amides is 2. The summed E-state index contributed by atoms with van der Waals surface area (Å²) in [7, 11) is 0. The summed E-state index contributed by atoms with van der Waals surface area (Å²) in [5.41, 5.74) is 7.43. The van der Waals surface area contributed by atoms with Crippen molar-refractivity contribution < 1.29 is 14.0 Å². The molecule has 0 aliphatic rings. The Morgan fingerprint density at radius 2 is 1.60 bits per heavy atom. The van der Waals surface area contributed by atoms with Gasteiger partial charge in [0.15, 0.2) is 0 Å². The Hall–Kier alpha value is -3.48. The molecule has 1 heterocycles. The van der Waals surface area contributed by atoms with Gasteiger partial charge in [-0.25, -0.2) is 4.39 Å². The van der Waals surface area contributed by atoms with Crippen LogP contribution in [0.5, 0.6) is 0 Å². The van der Waals surface area contributed by atoms with Gasteiger partial charge >= 0.3 is 0 Å². The van der Waals surface area contributed by atoms with Gasteiger partial charge in [-0.2, -0.15) is 5.10 Å². The molecule has 3 rings (SSSR count). The predicted molar refractivity (Wildman–Crippen MR) is 90.1 cm³/mol. The maximum atomic E-state index is 13.0. The first-order valence-corrected chi connectivity index (χ1v) is 7.51. The highest BCUT2D eigenvalue weighted by Crippen LogP contribution is 2.21. The lowest BCUT2D eigenvalue weighted by Gasteiger charge is -2.08. The SMILES string of the molecule is Cc1ccc(C(=O)NNC(=O)c2cn[nH]c2-c2ccc(F)cc2)cc1. The Balaban J connectivity index is 1.70. The number of hydrogen-bond acceptors (Lipinski definition) is 3. The summed E-state index contributed by atoms with van der Waals surface area (Å²) in [5.74, 6) is -1.34. The third kappa shape index (κ3) is 3.72. The molecule has 1 aromatic heterocycles. The van der Waals surface area contributed by atoms with Crippen LogP contribution >= 0.6 is 0 Å². The van der Waals surface area contributed by atoms with Crippen molar-refractivity contribution in [3.63, 3.8) is 0 Å². The molecule has 0 bridgehead atoms. The Morgan fingerprint density at radius 1 is 0.960 bits per heavy atom. The Bertz CT molecular complexity index is 902. The van der Waals surface area contributed by atoms with E-state index in [1.807, 2.05) is 6.92 Å². The topological polar surface area (TPSA) is 86.9 Å². The third-order valence-corrected chi connectivity index (χ3v) is 3.62. The number of carbonyl (C=O) groups excluding carboxylic acids is 2. The number of aromatic amines is 1. The van der Waals surface area contributed by atoms with Gasteiger partial charge in [0.1, 0.15) is 5.82 Å². The van der Waals surface area contributed by atoms with E-state index in [2.05, 4.69) is 21.0 Å². The number of carbonyl (C=O) groups is 2. The van der Waals surface area contributed by atoms with E-state index in [9.17, 15) is 14.0 Å². The van der Waals surface area contributed by atoms with Crippen molar-refractivity contribution in [3.8, 4) is 11.3 Å². The molecule has 0 aliphatic carbocycles. The average molecular weight is 338 g/mol. The number of aryl methyl sites for hydroxylation is 1. The van der Waals surface area contributed by atoms with Gasteiger partial charge in [0.25, 0.3) is 11.8 Å². The first-order chi connectivity index (χ1) is 12.0. The van der Waals surface area contributed by atoms with Crippen molar-refractivity contribution >= 4 is 11.8 Å². The van der Waals surface area contributed by atoms with E-state index in [0.717, 1.165) is 5.56 Å². The molecule has 126 valence electrons. The van der Waals surface area contributed by atoms with E-state index < -0.39 is 11.8 Å². The van der Waals surface area contributed by atoms with Crippen LogP contribution < -0.4 is 10.9 Å². The molecular formula is C18H15FN4O2. The van der Waals surface area contributed by atoms with Crippen LogP contribution in [-0.4, -0.2) is 22.0 Å². The van der Waals surface area contributed by atoms with Gasteiger partial charge in [-0.15, -0.1) is 0 Å². The highest BCUT2D eigenvalue weighted by Gasteiger charge is 2.16. The fraction of sp³-hybridized carbons (Fsp3) is 0.0556. The summed E-state index contributed by atoms with van der Waals surface area (Å²) >= 11 is 0. The minimum Gasteiger partial charge on any atom is -0.277 e. The normalized spacial score (nSPS) is 10.3. The number of rotatable bonds is 3. The summed E-state index contributed by atoms with van der Waals surface area (Å²) in [4.78, 5) is 24.3. The van der Waals surface area contributed by atoms with Crippen molar-refractivity contribution in [2.24, 2.45) is 0 Å². The molecule has 0 saturated carbocycles. The van der Waals surface area contributed by atoms with E-state index in [-0.39, 0.29) is 11.4 Å². The summed E-state index contributed by atoms with van der Waals surface area (Å²) in [6.07, 6.45) is 1.34. The van der Waals surface area contributed by atoms with Crippen molar-refractivity contribution in [2.75, 3.05) is 0 Å². The van der Waals surface area contributed by atoms with E-state index in [0.29, 0.717) is 16.8 Å². The smallest absolute Gasteiger partial charge is 0.273 e. The van der Waals surface area contributed by atoms with E-state index in [4.69, 9.17) is 0 Å². The van der Waals surface area contributed by atoms with Gasteiger partial charge in [0, 0.05) is 11.1 Å². The van der Waals surface area contributed by atoms with Crippen LogP contribution in [0, 0.1) is 12.7 Å². The molecule has 0 unspecified atom stereocenters. The van der Waals surface area contributed by atoms with Crippen LogP contribution in [0.2, 0.25) is 0 Å². The highest BCUT2D eigenvalue weighted by atomic mass is 19.1. The molecule has 0 atom stereocenters. The summed E-state index contributed by atoms with van der Waals surface area (Å²) in [6, 6.07) is 12.6. The fourth-order valence-electron chi connectivity index (χ4n) is 2.25. The first kappa shape index (κ1) is 16.4. The van der Waals surface area contributed by atoms with Crippen LogP contribution in [0.3, 0.4) is 0 Å². The lowest BCUT2D eigenvalue weighted by molar-refractivity contribution is 0.0847. The second-order valence-electron chi connectivity index (χ2n) is 5.44. The summed E-state index contributed by atoms with van der Waals surface area (Å²) < 4.78 is 13.0. The number of nitrogens with one attached hydrogen (secondary N) is 3. The third-order valence-electron chi connectivity index (χ3n) is 3.62. The van der Waals surface area contributed by atoms with Gasteiger partial charge in [-0.1, -0.05) is 17.7 Å². The van der Waals surface area contributed by atoms with Crippen LogP contribution in [0.15, 0.2) is 54.7 Å². The van der Waals surface area contributed by atoms with Gasteiger partial charge < -0.3 is 0 Å². The van der Waals surface area contributed by atoms with Gasteiger partial charge in [0.05, 0.1) is 17.5 Å². The molecule has 2 aromatic carbocycles. The molecule has 2 amide bonds. The number of hydrazine groups is 1. The monoisotopic (exact) mass is 338 g/mol. The quantitative estimate of drug-likeness (QED) is 0.642. The number of halogens is 1. The Kier molecular flexibility index (Phi) is 4.56. The van der Waals surface area contributed by atoms with Crippen LogP contribution in [0.4, 0.5) is 4.39 Å². The average Bonchev–Trinajstić information content (AvgIpc) is 3.10. The number of nitrogens with zero attached hydrogens (tertiary/aromatic N) is 1. The maximum absolute atomic E-state index is 13.0. The molecule has 6 nitrogen and oxygen atoms in total. The standard InChI is InChI=1S/C18H15FN4O2/c1-11-2-4-13(5-3-11)17(24)22-23-18(25)15-10-20-21-16(15)12-6-8-14(19)9-7-12/h2-10H,1H3,(H,20,21)(H,22,24)(H,23,25). The molecule has 0 spiro atoms. The molecule has 0 radical (unpaired) electrons.